The van der Waals surface area contributed by atoms with E-state index in [1.165, 1.54) is 18.2 Å². The topological polar surface area (TPSA) is 55.1 Å². The first-order valence-electron chi connectivity index (χ1n) is 6.08. The molecule has 1 fully saturated rings. The standard InChI is InChI=1S/C13H16BrFN2O/c14-11-7-8(1-6-12(11)15)13(18)17-10-4-2-9(16)3-5-10/h1,6-7,9-10H,2-5,16H2,(H,17,18). The van der Waals surface area contributed by atoms with Gasteiger partial charge in [-0.2, -0.15) is 0 Å². The van der Waals surface area contributed by atoms with E-state index in [0.29, 0.717) is 10.0 Å². The number of nitrogens with one attached hydrogen (secondary N) is 1. The monoisotopic (exact) mass is 314 g/mol. The van der Waals surface area contributed by atoms with E-state index in [9.17, 15) is 9.18 Å². The highest BCUT2D eigenvalue weighted by molar-refractivity contribution is 9.10. The van der Waals surface area contributed by atoms with Crippen molar-refractivity contribution in [2.45, 2.75) is 37.8 Å². The van der Waals surface area contributed by atoms with Gasteiger partial charge in [-0.1, -0.05) is 0 Å². The summed E-state index contributed by atoms with van der Waals surface area (Å²) in [5.41, 5.74) is 6.29. The Morgan fingerprint density at radius 3 is 2.61 bits per heavy atom. The molecule has 1 aliphatic rings. The Hall–Kier alpha value is -0.940. The normalized spacial score (nSPS) is 23.7. The van der Waals surface area contributed by atoms with Gasteiger partial charge in [0.2, 0.25) is 0 Å². The number of benzene rings is 1. The number of carbonyl (C=O) groups excluding carboxylic acids is 1. The summed E-state index contributed by atoms with van der Waals surface area (Å²) in [7, 11) is 0. The van der Waals surface area contributed by atoms with Crippen molar-refractivity contribution < 1.29 is 9.18 Å². The molecule has 0 bridgehead atoms. The van der Waals surface area contributed by atoms with Gasteiger partial charge in [0.05, 0.1) is 4.47 Å². The van der Waals surface area contributed by atoms with Crippen LogP contribution in [0.15, 0.2) is 22.7 Å². The predicted molar refractivity (Wildman–Crippen MR) is 71.8 cm³/mol. The van der Waals surface area contributed by atoms with Crippen molar-refractivity contribution >= 4 is 21.8 Å². The van der Waals surface area contributed by atoms with Crippen LogP contribution in [0.5, 0.6) is 0 Å². The Labute approximate surface area is 114 Å². The first kappa shape index (κ1) is 13.5. The quantitative estimate of drug-likeness (QED) is 0.881. The van der Waals surface area contributed by atoms with Gasteiger partial charge in [-0.25, -0.2) is 4.39 Å². The number of amides is 1. The molecule has 0 unspecified atom stereocenters. The maximum Gasteiger partial charge on any atom is 0.251 e. The zero-order chi connectivity index (χ0) is 13.1. The molecule has 18 heavy (non-hydrogen) atoms. The number of hydrogen-bond donors (Lipinski definition) is 2. The third kappa shape index (κ3) is 3.29. The third-order valence-electron chi connectivity index (χ3n) is 3.29. The average molecular weight is 315 g/mol. The highest BCUT2D eigenvalue weighted by Crippen LogP contribution is 2.19. The van der Waals surface area contributed by atoms with Gasteiger partial charge in [0.15, 0.2) is 0 Å². The van der Waals surface area contributed by atoms with Gasteiger partial charge < -0.3 is 11.1 Å². The van der Waals surface area contributed by atoms with Crippen LogP contribution >= 0.6 is 15.9 Å². The van der Waals surface area contributed by atoms with Crippen LogP contribution in [0.2, 0.25) is 0 Å². The van der Waals surface area contributed by atoms with E-state index in [1.54, 1.807) is 0 Å². The van der Waals surface area contributed by atoms with E-state index in [0.717, 1.165) is 25.7 Å². The molecule has 5 heteroatoms. The SMILES string of the molecule is NC1CCC(NC(=O)c2ccc(F)c(Br)c2)CC1. The number of rotatable bonds is 2. The van der Waals surface area contributed by atoms with Crippen molar-refractivity contribution in [1.29, 1.82) is 0 Å². The molecule has 0 saturated heterocycles. The molecule has 2 rings (SSSR count). The van der Waals surface area contributed by atoms with E-state index < -0.39 is 0 Å². The summed E-state index contributed by atoms with van der Waals surface area (Å²) < 4.78 is 13.4. The molecule has 3 N–H and O–H groups in total. The molecule has 1 amide bonds. The van der Waals surface area contributed by atoms with Crippen LogP contribution in [0.4, 0.5) is 4.39 Å². The Bertz CT molecular complexity index is 445. The molecule has 0 spiro atoms. The number of carbonyl (C=O) groups is 1. The van der Waals surface area contributed by atoms with Gasteiger partial charge in [0.25, 0.3) is 5.91 Å². The minimum atomic E-state index is -0.366. The molecule has 98 valence electrons. The van der Waals surface area contributed by atoms with Crippen molar-refractivity contribution in [1.82, 2.24) is 5.32 Å². The maximum atomic E-state index is 13.1. The zero-order valence-electron chi connectivity index (χ0n) is 9.96. The van der Waals surface area contributed by atoms with Gasteiger partial charge in [0.1, 0.15) is 5.82 Å². The summed E-state index contributed by atoms with van der Waals surface area (Å²) in [6.07, 6.45) is 3.71. The molecule has 1 aromatic carbocycles. The molecule has 0 atom stereocenters. The minimum Gasteiger partial charge on any atom is -0.349 e. The summed E-state index contributed by atoms with van der Waals surface area (Å²) in [6.45, 7) is 0. The maximum absolute atomic E-state index is 13.1. The van der Waals surface area contributed by atoms with Crippen molar-refractivity contribution in [3.63, 3.8) is 0 Å². The van der Waals surface area contributed by atoms with Gasteiger partial charge in [-0.15, -0.1) is 0 Å². The smallest absolute Gasteiger partial charge is 0.251 e. The molecule has 3 nitrogen and oxygen atoms in total. The third-order valence-corrected chi connectivity index (χ3v) is 3.90. The molecule has 1 aromatic rings. The molecule has 0 aliphatic heterocycles. The molecule has 0 heterocycles. The van der Waals surface area contributed by atoms with Crippen molar-refractivity contribution in [3.8, 4) is 0 Å². The fraction of sp³-hybridized carbons (Fsp3) is 0.462. The lowest BCUT2D eigenvalue weighted by Crippen LogP contribution is -2.40. The summed E-state index contributed by atoms with van der Waals surface area (Å²) in [6, 6.07) is 4.72. The van der Waals surface area contributed by atoms with Crippen molar-refractivity contribution in [3.05, 3.63) is 34.1 Å². The summed E-state index contributed by atoms with van der Waals surface area (Å²) >= 11 is 3.08. The van der Waals surface area contributed by atoms with Gasteiger partial charge >= 0.3 is 0 Å². The summed E-state index contributed by atoms with van der Waals surface area (Å²) in [4.78, 5) is 12.0. The lowest BCUT2D eigenvalue weighted by Gasteiger charge is -2.26. The molecule has 1 aliphatic carbocycles. The highest BCUT2D eigenvalue weighted by atomic mass is 79.9. The average Bonchev–Trinajstić information content (AvgIpc) is 2.35. The van der Waals surface area contributed by atoms with Gasteiger partial charge in [0, 0.05) is 17.6 Å². The second-order valence-electron chi connectivity index (χ2n) is 4.71. The lowest BCUT2D eigenvalue weighted by atomic mass is 9.91. The van der Waals surface area contributed by atoms with Crippen LogP contribution in [0, 0.1) is 5.82 Å². The van der Waals surface area contributed by atoms with E-state index in [2.05, 4.69) is 21.2 Å². The van der Waals surface area contributed by atoms with Gasteiger partial charge in [-0.05, 0) is 59.8 Å². The first-order valence-corrected chi connectivity index (χ1v) is 6.87. The van der Waals surface area contributed by atoms with Gasteiger partial charge in [-0.3, -0.25) is 4.79 Å². The lowest BCUT2D eigenvalue weighted by molar-refractivity contribution is 0.0926. The fourth-order valence-corrected chi connectivity index (χ4v) is 2.55. The van der Waals surface area contributed by atoms with E-state index in [4.69, 9.17) is 5.73 Å². The Balaban J connectivity index is 1.97. The van der Waals surface area contributed by atoms with Crippen LogP contribution in [0.1, 0.15) is 36.0 Å². The van der Waals surface area contributed by atoms with Crippen LogP contribution in [-0.4, -0.2) is 18.0 Å². The molecule has 0 aromatic heterocycles. The molecular weight excluding hydrogens is 299 g/mol. The molecule has 1 saturated carbocycles. The van der Waals surface area contributed by atoms with E-state index in [1.807, 2.05) is 0 Å². The fourth-order valence-electron chi connectivity index (χ4n) is 2.17. The highest BCUT2D eigenvalue weighted by Gasteiger charge is 2.20. The Morgan fingerprint density at radius 1 is 1.33 bits per heavy atom. The van der Waals surface area contributed by atoms with E-state index in [-0.39, 0.29) is 23.8 Å². The van der Waals surface area contributed by atoms with Crippen LogP contribution in [0.25, 0.3) is 0 Å². The van der Waals surface area contributed by atoms with Crippen molar-refractivity contribution in [2.24, 2.45) is 5.73 Å². The Kier molecular flexibility index (Phi) is 4.35. The second-order valence-corrected chi connectivity index (χ2v) is 5.57. The first-order chi connectivity index (χ1) is 8.56. The summed E-state index contributed by atoms with van der Waals surface area (Å²) in [5.74, 6) is -0.522. The van der Waals surface area contributed by atoms with Crippen LogP contribution in [0.3, 0.4) is 0 Å². The zero-order valence-corrected chi connectivity index (χ0v) is 11.5. The van der Waals surface area contributed by atoms with Crippen LogP contribution in [-0.2, 0) is 0 Å². The number of hydrogen-bond acceptors (Lipinski definition) is 2. The number of halogens is 2. The van der Waals surface area contributed by atoms with E-state index >= 15 is 0 Å². The predicted octanol–water partition coefficient (Wildman–Crippen LogP) is 2.59. The minimum absolute atomic E-state index is 0.156. The molecular formula is C13H16BrFN2O. The second kappa shape index (κ2) is 5.80. The molecule has 0 radical (unpaired) electrons. The van der Waals surface area contributed by atoms with Crippen molar-refractivity contribution in [2.75, 3.05) is 0 Å². The number of nitrogens with two attached hydrogens (primary N) is 1. The Morgan fingerprint density at radius 2 is 2.00 bits per heavy atom. The van der Waals surface area contributed by atoms with Crippen LogP contribution < -0.4 is 11.1 Å². The largest absolute Gasteiger partial charge is 0.349 e. The summed E-state index contributed by atoms with van der Waals surface area (Å²) in [5, 5.41) is 2.96.